The Balaban J connectivity index is 1.18. The summed E-state index contributed by atoms with van der Waals surface area (Å²) in [5.41, 5.74) is 27.0. The normalized spacial score (nSPS) is 16.5. The fraction of sp³-hybridized carbons (Fsp3) is 0.354. The Morgan fingerprint density at radius 1 is 0.435 bits per heavy atom. The van der Waals surface area contributed by atoms with Gasteiger partial charge in [0, 0.05) is 51.2 Å². The SMILES string of the molecule is Cc1cc2c3c(c1)N(c1cccc4c1CC(C)(C)C4)c1cc(N(c4ccc(C(C)(C)C)cc4)c4ccc(C(C)(C)C)cc4)ccc1B3c1ccc(C(C)(C)C)cc1N2c1ccc2c(c1)CC(C)(C)C2. The first kappa shape index (κ1) is 45.4. The van der Waals surface area contributed by atoms with E-state index in [1.165, 1.54) is 95.0 Å². The molecular formula is C65H72BN3. The van der Waals surface area contributed by atoms with Crippen molar-refractivity contribution in [2.24, 2.45) is 10.8 Å². The number of aryl methyl sites for hydroxylation is 1. The average Bonchev–Trinajstić information content (AvgIpc) is 3.77. The Kier molecular flexibility index (Phi) is 10.2. The standard InChI is InChI=1S/C65H72BN3/c1-41-32-58-60-59(33-41)69(55-17-15-16-43-38-65(13,14)40-52(43)55)57-36-51(67(48-25-19-45(20-26-48)61(2,3)4)49-27-21-46(22-28-49)62(5,6)7)29-31-54(57)66(60)53-30-23-47(63(8,9)10)35-56(53)68(58)50-24-18-42-37-64(11,12)39-44(42)34-50/h15-36H,37-40H2,1-14H3. The first-order chi connectivity index (χ1) is 32.4. The van der Waals surface area contributed by atoms with Gasteiger partial charge in [-0.15, -0.1) is 0 Å². The van der Waals surface area contributed by atoms with Crippen LogP contribution in [0.4, 0.5) is 51.2 Å². The maximum Gasteiger partial charge on any atom is 0.252 e. The Morgan fingerprint density at radius 3 is 1.55 bits per heavy atom. The lowest BCUT2D eigenvalue weighted by Gasteiger charge is -2.45. The van der Waals surface area contributed by atoms with E-state index in [-0.39, 0.29) is 33.8 Å². The minimum absolute atomic E-state index is 0.0159. The van der Waals surface area contributed by atoms with E-state index in [4.69, 9.17) is 0 Å². The molecule has 0 spiro atoms. The summed E-state index contributed by atoms with van der Waals surface area (Å²) in [5.74, 6) is 0. The van der Waals surface area contributed by atoms with Gasteiger partial charge in [0.05, 0.1) is 0 Å². The van der Waals surface area contributed by atoms with Crippen molar-refractivity contribution in [3.8, 4) is 0 Å². The van der Waals surface area contributed by atoms with E-state index in [2.05, 4.69) is 245 Å². The minimum Gasteiger partial charge on any atom is -0.311 e. The maximum absolute atomic E-state index is 2.68. The van der Waals surface area contributed by atoms with E-state index >= 15 is 0 Å². The largest absolute Gasteiger partial charge is 0.311 e. The van der Waals surface area contributed by atoms with Gasteiger partial charge in [-0.1, -0.05) is 151 Å². The number of nitrogens with zero attached hydrogens (tertiary/aromatic N) is 3. The fourth-order valence-corrected chi connectivity index (χ4v) is 12.4. The molecular weight excluding hydrogens is 834 g/mol. The molecule has 2 heterocycles. The summed E-state index contributed by atoms with van der Waals surface area (Å²) in [6.45, 7) is 32.9. The molecule has 0 atom stereocenters. The Labute approximate surface area is 414 Å². The topological polar surface area (TPSA) is 9.72 Å². The van der Waals surface area contributed by atoms with Gasteiger partial charge in [-0.3, -0.25) is 0 Å². The smallest absolute Gasteiger partial charge is 0.252 e. The van der Waals surface area contributed by atoms with E-state index in [0.29, 0.717) is 0 Å². The second-order valence-electron chi connectivity index (χ2n) is 25.9. The van der Waals surface area contributed by atoms with E-state index in [0.717, 1.165) is 42.7 Å². The number of rotatable bonds is 5. The highest BCUT2D eigenvalue weighted by Gasteiger charge is 2.45. The highest BCUT2D eigenvalue weighted by molar-refractivity contribution is 7.00. The lowest BCUT2D eigenvalue weighted by molar-refractivity contribution is 0.392. The molecule has 3 nitrogen and oxygen atoms in total. The molecule has 0 saturated heterocycles. The highest BCUT2D eigenvalue weighted by atomic mass is 15.2. The zero-order chi connectivity index (χ0) is 48.7. The van der Waals surface area contributed by atoms with Gasteiger partial charge < -0.3 is 14.7 Å². The third-order valence-corrected chi connectivity index (χ3v) is 15.9. The van der Waals surface area contributed by atoms with Crippen molar-refractivity contribution in [2.75, 3.05) is 14.7 Å². The summed E-state index contributed by atoms with van der Waals surface area (Å²) in [7, 11) is 0. The zero-order valence-electron chi connectivity index (χ0n) is 43.9. The molecule has 2 aliphatic carbocycles. The Bertz CT molecular complexity index is 3130. The molecule has 4 heteroatoms. The van der Waals surface area contributed by atoms with Crippen LogP contribution in [0.1, 0.15) is 135 Å². The molecule has 0 bridgehead atoms. The summed E-state index contributed by atoms with van der Waals surface area (Å²) in [6, 6.07) is 52.9. The maximum atomic E-state index is 2.68. The number of benzene rings is 7. The van der Waals surface area contributed by atoms with Gasteiger partial charge in [-0.05, 0) is 193 Å². The molecule has 7 aromatic rings. The van der Waals surface area contributed by atoms with Crippen LogP contribution in [0.3, 0.4) is 0 Å². The van der Waals surface area contributed by atoms with Crippen LogP contribution >= 0.6 is 0 Å². The molecule has 0 N–H and O–H groups in total. The van der Waals surface area contributed by atoms with Crippen LogP contribution in [-0.4, -0.2) is 6.71 Å². The Hall–Kier alpha value is -6.00. The van der Waals surface area contributed by atoms with Gasteiger partial charge in [0.25, 0.3) is 6.71 Å². The van der Waals surface area contributed by atoms with E-state index in [1.807, 2.05) is 0 Å². The fourth-order valence-electron chi connectivity index (χ4n) is 12.4. The number of anilines is 9. The molecule has 350 valence electrons. The molecule has 69 heavy (non-hydrogen) atoms. The first-order valence-electron chi connectivity index (χ1n) is 25.7. The van der Waals surface area contributed by atoms with Crippen LogP contribution < -0.4 is 31.1 Å². The Morgan fingerprint density at radius 2 is 0.942 bits per heavy atom. The second-order valence-corrected chi connectivity index (χ2v) is 25.9. The van der Waals surface area contributed by atoms with Gasteiger partial charge in [-0.25, -0.2) is 0 Å². The molecule has 0 amide bonds. The average molecular weight is 906 g/mol. The lowest BCUT2D eigenvalue weighted by Crippen LogP contribution is -2.61. The van der Waals surface area contributed by atoms with Gasteiger partial charge in [0.2, 0.25) is 0 Å². The summed E-state index contributed by atoms with van der Waals surface area (Å²) in [5, 5.41) is 0. The molecule has 0 fully saturated rings. The van der Waals surface area contributed by atoms with E-state index < -0.39 is 0 Å². The molecule has 0 unspecified atom stereocenters. The predicted molar refractivity (Wildman–Crippen MR) is 298 cm³/mol. The van der Waals surface area contributed by atoms with Crippen molar-refractivity contribution in [2.45, 2.75) is 139 Å². The van der Waals surface area contributed by atoms with Crippen LogP contribution in [0.25, 0.3) is 0 Å². The summed E-state index contributed by atoms with van der Waals surface area (Å²) >= 11 is 0. The number of hydrogen-bond donors (Lipinski definition) is 0. The number of hydrogen-bond acceptors (Lipinski definition) is 3. The quantitative estimate of drug-likeness (QED) is 0.159. The van der Waals surface area contributed by atoms with Crippen molar-refractivity contribution >= 4 is 74.3 Å². The highest BCUT2D eigenvalue weighted by Crippen LogP contribution is 2.51. The summed E-state index contributed by atoms with van der Waals surface area (Å²) in [6.07, 6.45) is 4.36. The van der Waals surface area contributed by atoms with Crippen LogP contribution in [-0.2, 0) is 41.9 Å². The van der Waals surface area contributed by atoms with Crippen LogP contribution in [0.5, 0.6) is 0 Å². The lowest BCUT2D eigenvalue weighted by atomic mass is 9.33. The van der Waals surface area contributed by atoms with Crippen molar-refractivity contribution in [1.82, 2.24) is 0 Å². The monoisotopic (exact) mass is 906 g/mol. The second kappa shape index (κ2) is 15.5. The summed E-state index contributed by atoms with van der Waals surface area (Å²) in [4.78, 5) is 7.80. The molecule has 0 saturated carbocycles. The van der Waals surface area contributed by atoms with Crippen molar-refractivity contribution in [1.29, 1.82) is 0 Å². The van der Waals surface area contributed by atoms with Crippen LogP contribution in [0.2, 0.25) is 0 Å². The summed E-state index contributed by atoms with van der Waals surface area (Å²) < 4.78 is 0. The van der Waals surface area contributed by atoms with E-state index in [9.17, 15) is 0 Å². The predicted octanol–water partition coefficient (Wildman–Crippen LogP) is 15.7. The van der Waals surface area contributed by atoms with Crippen molar-refractivity contribution in [3.63, 3.8) is 0 Å². The minimum atomic E-state index is -0.0159. The zero-order valence-corrected chi connectivity index (χ0v) is 43.9. The van der Waals surface area contributed by atoms with Crippen LogP contribution in [0.15, 0.2) is 133 Å². The van der Waals surface area contributed by atoms with E-state index in [1.54, 1.807) is 0 Å². The van der Waals surface area contributed by atoms with Crippen molar-refractivity contribution < 1.29 is 0 Å². The van der Waals surface area contributed by atoms with Crippen molar-refractivity contribution in [3.05, 3.63) is 178 Å². The first-order valence-corrected chi connectivity index (χ1v) is 25.7. The molecule has 7 aromatic carbocycles. The molecule has 4 aliphatic rings. The van der Waals surface area contributed by atoms with Crippen LogP contribution in [0, 0.1) is 17.8 Å². The van der Waals surface area contributed by atoms with Gasteiger partial charge >= 0.3 is 0 Å². The number of fused-ring (bicyclic) bond motifs is 6. The molecule has 2 aliphatic heterocycles. The third-order valence-electron chi connectivity index (χ3n) is 15.9. The molecule has 11 rings (SSSR count). The molecule has 0 aromatic heterocycles. The van der Waals surface area contributed by atoms with Gasteiger partial charge in [0.15, 0.2) is 0 Å². The third kappa shape index (κ3) is 7.82. The van der Waals surface area contributed by atoms with Gasteiger partial charge in [0.1, 0.15) is 0 Å². The molecule has 0 radical (unpaired) electrons. The van der Waals surface area contributed by atoms with Gasteiger partial charge in [-0.2, -0.15) is 0 Å².